The van der Waals surface area contributed by atoms with E-state index in [1.54, 1.807) is 13.2 Å². The molecule has 1 N–H and O–H groups in total. The molecule has 0 unspecified atom stereocenters. The van der Waals surface area contributed by atoms with E-state index in [0.29, 0.717) is 24.7 Å². The number of nitrogens with one attached hydrogen (secondary N) is 1. The monoisotopic (exact) mass is 403 g/mol. The number of hydrogen-bond donors (Lipinski definition) is 1. The highest BCUT2D eigenvalue weighted by Crippen LogP contribution is 2.35. The topological polar surface area (TPSA) is 64.6 Å². The van der Waals surface area contributed by atoms with Gasteiger partial charge in [-0.25, -0.2) is 13.1 Å². The fourth-order valence-corrected chi connectivity index (χ4v) is 5.25. The molecule has 0 amide bonds. The molecular weight excluding hydrogens is 374 g/mol. The molecule has 0 aromatic heterocycles. The van der Waals surface area contributed by atoms with Gasteiger partial charge < -0.3 is 9.47 Å². The first kappa shape index (κ1) is 20.8. The van der Waals surface area contributed by atoms with Gasteiger partial charge in [-0.3, -0.25) is 0 Å². The molecule has 1 aliphatic heterocycles. The number of rotatable bonds is 6. The van der Waals surface area contributed by atoms with Crippen molar-refractivity contribution in [3.63, 3.8) is 0 Å². The molecule has 152 valence electrons. The van der Waals surface area contributed by atoms with Crippen LogP contribution in [0, 0.1) is 20.8 Å². The number of aryl methyl sites for hydroxylation is 3. The summed E-state index contributed by atoms with van der Waals surface area (Å²) < 4.78 is 39.8. The minimum Gasteiger partial charge on any atom is -0.497 e. The molecule has 1 aliphatic rings. The molecule has 0 atom stereocenters. The first-order valence-corrected chi connectivity index (χ1v) is 11.1. The van der Waals surface area contributed by atoms with E-state index < -0.39 is 10.0 Å². The number of benzene rings is 2. The first-order valence-electron chi connectivity index (χ1n) is 9.57. The number of methoxy groups -OCH3 is 1. The van der Waals surface area contributed by atoms with Crippen LogP contribution in [0.4, 0.5) is 0 Å². The largest absolute Gasteiger partial charge is 0.497 e. The zero-order valence-corrected chi connectivity index (χ0v) is 17.9. The standard InChI is InChI=1S/C22H29NO4S/c1-16-13-18(3)21(14-17(16)2)28(24,25)23-15-22(9-11-27-12-10-22)19-5-7-20(26-4)8-6-19/h5-8,13-14,23H,9-12,15H2,1-4H3. The van der Waals surface area contributed by atoms with Crippen molar-refractivity contribution in [1.29, 1.82) is 0 Å². The Kier molecular flexibility index (Phi) is 6.12. The summed E-state index contributed by atoms with van der Waals surface area (Å²) in [7, 11) is -1.97. The predicted molar refractivity (Wildman–Crippen MR) is 111 cm³/mol. The Morgan fingerprint density at radius 3 is 2.21 bits per heavy atom. The van der Waals surface area contributed by atoms with Crippen LogP contribution in [0.5, 0.6) is 5.75 Å². The number of ether oxygens (including phenoxy) is 2. The van der Waals surface area contributed by atoms with Crippen molar-refractivity contribution < 1.29 is 17.9 Å². The first-order chi connectivity index (χ1) is 13.3. The van der Waals surface area contributed by atoms with Crippen molar-refractivity contribution in [3.05, 3.63) is 58.7 Å². The summed E-state index contributed by atoms with van der Waals surface area (Å²) in [5.41, 5.74) is 3.65. The molecule has 0 radical (unpaired) electrons. The van der Waals surface area contributed by atoms with E-state index in [9.17, 15) is 8.42 Å². The third-order valence-corrected chi connectivity index (χ3v) is 7.38. The molecule has 0 saturated carbocycles. The lowest BCUT2D eigenvalue weighted by Crippen LogP contribution is -2.44. The molecule has 1 fully saturated rings. The summed E-state index contributed by atoms with van der Waals surface area (Å²) >= 11 is 0. The fraction of sp³-hybridized carbons (Fsp3) is 0.455. The highest BCUT2D eigenvalue weighted by Gasteiger charge is 2.36. The summed E-state index contributed by atoms with van der Waals surface area (Å²) in [6.07, 6.45) is 1.54. The van der Waals surface area contributed by atoms with Crippen LogP contribution in [0.15, 0.2) is 41.3 Å². The summed E-state index contributed by atoms with van der Waals surface area (Å²) in [5, 5.41) is 0. The van der Waals surface area contributed by atoms with Crippen LogP contribution in [-0.4, -0.2) is 35.3 Å². The Morgan fingerprint density at radius 2 is 1.61 bits per heavy atom. The minimum atomic E-state index is -3.60. The SMILES string of the molecule is COc1ccc(C2(CNS(=O)(=O)c3cc(C)c(C)cc3C)CCOCC2)cc1. The maximum absolute atomic E-state index is 13.1. The Morgan fingerprint density at radius 1 is 1.00 bits per heavy atom. The van der Waals surface area contributed by atoms with E-state index in [1.165, 1.54) is 0 Å². The molecule has 1 heterocycles. The predicted octanol–water partition coefficient (Wildman–Crippen LogP) is 3.65. The van der Waals surface area contributed by atoms with Gasteiger partial charge in [-0.15, -0.1) is 0 Å². The van der Waals surface area contributed by atoms with Crippen molar-refractivity contribution in [2.45, 2.75) is 43.9 Å². The molecule has 0 aliphatic carbocycles. The second-order valence-electron chi connectivity index (χ2n) is 7.65. The smallest absolute Gasteiger partial charge is 0.240 e. The molecule has 2 aromatic carbocycles. The summed E-state index contributed by atoms with van der Waals surface area (Å²) in [6.45, 7) is 7.36. The summed E-state index contributed by atoms with van der Waals surface area (Å²) in [4.78, 5) is 0.354. The van der Waals surface area contributed by atoms with Gasteiger partial charge in [0.15, 0.2) is 0 Å². The summed E-state index contributed by atoms with van der Waals surface area (Å²) in [6, 6.07) is 11.6. The van der Waals surface area contributed by atoms with Crippen molar-refractivity contribution in [2.24, 2.45) is 0 Å². The van der Waals surface area contributed by atoms with Crippen LogP contribution in [-0.2, 0) is 20.2 Å². The quantitative estimate of drug-likeness (QED) is 0.800. The van der Waals surface area contributed by atoms with Crippen molar-refractivity contribution in [2.75, 3.05) is 26.9 Å². The van der Waals surface area contributed by atoms with Gasteiger partial charge in [0.05, 0.1) is 12.0 Å². The van der Waals surface area contributed by atoms with E-state index >= 15 is 0 Å². The Labute approximate surface area is 168 Å². The Balaban J connectivity index is 1.88. The zero-order valence-electron chi connectivity index (χ0n) is 17.0. The van der Waals surface area contributed by atoms with E-state index in [-0.39, 0.29) is 5.41 Å². The maximum atomic E-state index is 13.1. The third kappa shape index (κ3) is 4.24. The highest BCUT2D eigenvalue weighted by molar-refractivity contribution is 7.89. The van der Waals surface area contributed by atoms with Crippen LogP contribution in [0.2, 0.25) is 0 Å². The lowest BCUT2D eigenvalue weighted by atomic mass is 9.74. The van der Waals surface area contributed by atoms with Gasteiger partial charge >= 0.3 is 0 Å². The Hall–Kier alpha value is -1.89. The lowest BCUT2D eigenvalue weighted by molar-refractivity contribution is 0.0517. The van der Waals surface area contributed by atoms with E-state index in [4.69, 9.17) is 9.47 Å². The van der Waals surface area contributed by atoms with E-state index in [2.05, 4.69) is 4.72 Å². The van der Waals surface area contributed by atoms with Gasteiger partial charge in [-0.2, -0.15) is 0 Å². The molecule has 3 rings (SSSR count). The van der Waals surface area contributed by atoms with Gasteiger partial charge in [0.2, 0.25) is 10.0 Å². The van der Waals surface area contributed by atoms with Crippen LogP contribution in [0.1, 0.15) is 35.1 Å². The molecule has 6 heteroatoms. The van der Waals surface area contributed by atoms with Gasteiger partial charge in [-0.1, -0.05) is 18.2 Å². The molecule has 5 nitrogen and oxygen atoms in total. The third-order valence-electron chi connectivity index (χ3n) is 5.83. The van der Waals surface area contributed by atoms with Gasteiger partial charge in [0.25, 0.3) is 0 Å². The lowest BCUT2D eigenvalue weighted by Gasteiger charge is -2.38. The average molecular weight is 404 g/mol. The normalized spacial score (nSPS) is 16.7. The molecule has 0 bridgehead atoms. The molecular formula is C22H29NO4S. The molecule has 0 spiro atoms. The van der Waals surface area contributed by atoms with E-state index in [1.807, 2.05) is 51.1 Å². The van der Waals surface area contributed by atoms with Gasteiger partial charge in [0.1, 0.15) is 5.75 Å². The van der Waals surface area contributed by atoms with Crippen LogP contribution >= 0.6 is 0 Å². The molecule has 28 heavy (non-hydrogen) atoms. The Bertz CT molecular complexity index is 930. The number of sulfonamides is 1. The van der Waals surface area contributed by atoms with Gasteiger partial charge in [0, 0.05) is 25.2 Å². The highest BCUT2D eigenvalue weighted by atomic mass is 32.2. The van der Waals surface area contributed by atoms with Crippen LogP contribution in [0.25, 0.3) is 0 Å². The fourth-order valence-electron chi connectivity index (χ4n) is 3.81. The maximum Gasteiger partial charge on any atom is 0.240 e. The van der Waals surface area contributed by atoms with Crippen molar-refractivity contribution in [1.82, 2.24) is 4.72 Å². The van der Waals surface area contributed by atoms with E-state index in [0.717, 1.165) is 40.8 Å². The second kappa shape index (κ2) is 8.23. The van der Waals surface area contributed by atoms with Crippen LogP contribution < -0.4 is 9.46 Å². The van der Waals surface area contributed by atoms with Crippen molar-refractivity contribution >= 4 is 10.0 Å². The second-order valence-corrected chi connectivity index (χ2v) is 9.38. The van der Waals surface area contributed by atoms with Crippen LogP contribution in [0.3, 0.4) is 0 Å². The van der Waals surface area contributed by atoms with Gasteiger partial charge in [-0.05, 0) is 74.1 Å². The molecule has 1 saturated heterocycles. The molecule has 2 aromatic rings. The minimum absolute atomic E-state index is 0.286. The average Bonchev–Trinajstić information content (AvgIpc) is 2.70. The summed E-state index contributed by atoms with van der Waals surface area (Å²) in [5.74, 6) is 0.789. The number of hydrogen-bond acceptors (Lipinski definition) is 4. The zero-order chi connectivity index (χ0) is 20.4. The van der Waals surface area contributed by atoms with Crippen molar-refractivity contribution in [3.8, 4) is 5.75 Å².